The quantitative estimate of drug-likeness (QED) is 0.390. The Kier molecular flexibility index (Phi) is 5.81. The van der Waals surface area contributed by atoms with Crippen molar-refractivity contribution in [3.05, 3.63) is 93.2 Å². The standard InChI is InChI=1S/C24H20Cl2N4O/c1-14-7-9-17(10-8-14)23-28-22(24(31)27-21-15(2)5-4-6-16(21)3)29-30(23)18-11-12-19(25)20(26)13-18/h4-13H,1-3H3,(H,27,31). The van der Waals surface area contributed by atoms with Crippen molar-refractivity contribution in [2.45, 2.75) is 20.8 Å². The molecular formula is C24H20Cl2N4O. The van der Waals surface area contributed by atoms with Crippen molar-refractivity contribution < 1.29 is 4.79 Å². The molecule has 5 nitrogen and oxygen atoms in total. The molecular weight excluding hydrogens is 431 g/mol. The lowest BCUT2D eigenvalue weighted by molar-refractivity contribution is 0.101. The molecule has 4 rings (SSSR count). The number of hydrogen-bond acceptors (Lipinski definition) is 3. The highest BCUT2D eigenvalue weighted by molar-refractivity contribution is 6.42. The van der Waals surface area contributed by atoms with Crippen LogP contribution in [0.1, 0.15) is 27.3 Å². The minimum absolute atomic E-state index is 0.0595. The third-order valence-corrected chi connectivity index (χ3v) is 5.73. The Labute approximate surface area is 190 Å². The van der Waals surface area contributed by atoms with E-state index in [1.54, 1.807) is 22.9 Å². The Hall–Kier alpha value is -3.15. The van der Waals surface area contributed by atoms with Crippen LogP contribution < -0.4 is 5.32 Å². The monoisotopic (exact) mass is 450 g/mol. The van der Waals surface area contributed by atoms with Crippen molar-refractivity contribution in [3.63, 3.8) is 0 Å². The molecule has 0 aliphatic rings. The Morgan fingerprint density at radius 1 is 0.903 bits per heavy atom. The van der Waals surface area contributed by atoms with Crippen LogP contribution in [-0.2, 0) is 0 Å². The molecule has 0 saturated carbocycles. The molecule has 0 aliphatic heterocycles. The van der Waals surface area contributed by atoms with E-state index in [4.69, 9.17) is 23.2 Å². The fraction of sp³-hybridized carbons (Fsp3) is 0.125. The number of para-hydroxylation sites is 1. The van der Waals surface area contributed by atoms with Gasteiger partial charge in [0.05, 0.1) is 15.7 Å². The minimum atomic E-state index is -0.385. The second-order valence-corrected chi connectivity index (χ2v) is 8.17. The van der Waals surface area contributed by atoms with Gasteiger partial charge in [-0.25, -0.2) is 9.67 Å². The van der Waals surface area contributed by atoms with E-state index in [1.165, 1.54) is 0 Å². The third kappa shape index (κ3) is 4.33. The van der Waals surface area contributed by atoms with E-state index in [-0.39, 0.29) is 11.7 Å². The molecule has 0 fully saturated rings. The number of amides is 1. The van der Waals surface area contributed by atoms with Crippen LogP contribution >= 0.6 is 23.2 Å². The van der Waals surface area contributed by atoms with Gasteiger partial charge in [0.15, 0.2) is 5.82 Å². The fourth-order valence-corrected chi connectivity index (χ4v) is 3.57. The molecule has 3 aromatic carbocycles. The summed E-state index contributed by atoms with van der Waals surface area (Å²) in [5.41, 5.74) is 5.30. The predicted octanol–water partition coefficient (Wildman–Crippen LogP) is 6.42. The lowest BCUT2D eigenvalue weighted by atomic mass is 10.1. The second kappa shape index (κ2) is 8.53. The number of nitrogens with one attached hydrogen (secondary N) is 1. The van der Waals surface area contributed by atoms with E-state index in [0.29, 0.717) is 21.6 Å². The van der Waals surface area contributed by atoms with E-state index in [1.807, 2.05) is 63.2 Å². The summed E-state index contributed by atoms with van der Waals surface area (Å²) in [6.07, 6.45) is 0. The van der Waals surface area contributed by atoms with Gasteiger partial charge >= 0.3 is 0 Å². The van der Waals surface area contributed by atoms with Gasteiger partial charge in [0, 0.05) is 11.3 Å². The zero-order chi connectivity index (χ0) is 22.1. The summed E-state index contributed by atoms with van der Waals surface area (Å²) in [6, 6.07) is 18.9. The van der Waals surface area contributed by atoms with Crippen molar-refractivity contribution in [3.8, 4) is 17.1 Å². The Bertz CT molecular complexity index is 1260. The van der Waals surface area contributed by atoms with Gasteiger partial charge in [0.25, 0.3) is 5.91 Å². The maximum absolute atomic E-state index is 13.0. The van der Waals surface area contributed by atoms with Crippen LogP contribution in [0.25, 0.3) is 17.1 Å². The largest absolute Gasteiger partial charge is 0.319 e. The highest BCUT2D eigenvalue weighted by atomic mass is 35.5. The molecule has 0 aliphatic carbocycles. The van der Waals surface area contributed by atoms with Crippen LogP contribution in [0.4, 0.5) is 5.69 Å². The average Bonchev–Trinajstić information content (AvgIpc) is 3.19. The van der Waals surface area contributed by atoms with Crippen molar-refractivity contribution in [1.82, 2.24) is 14.8 Å². The fourth-order valence-electron chi connectivity index (χ4n) is 3.28. The molecule has 7 heteroatoms. The van der Waals surface area contributed by atoms with Gasteiger partial charge in [-0.1, -0.05) is 71.2 Å². The molecule has 1 heterocycles. The number of carbonyl (C=O) groups excluding carboxylic acids is 1. The van der Waals surface area contributed by atoms with Crippen LogP contribution in [0.5, 0.6) is 0 Å². The average molecular weight is 451 g/mol. The van der Waals surface area contributed by atoms with Gasteiger partial charge in [-0.2, -0.15) is 0 Å². The molecule has 31 heavy (non-hydrogen) atoms. The van der Waals surface area contributed by atoms with Gasteiger partial charge in [0.2, 0.25) is 5.82 Å². The summed E-state index contributed by atoms with van der Waals surface area (Å²) in [6.45, 7) is 5.90. The first-order valence-corrected chi connectivity index (χ1v) is 10.5. The van der Waals surface area contributed by atoms with Crippen molar-refractivity contribution in [1.29, 1.82) is 0 Å². The van der Waals surface area contributed by atoms with E-state index in [9.17, 15) is 4.79 Å². The Morgan fingerprint density at radius 2 is 1.58 bits per heavy atom. The zero-order valence-corrected chi connectivity index (χ0v) is 18.8. The smallest absolute Gasteiger partial charge is 0.295 e. The number of aromatic nitrogens is 3. The molecule has 0 saturated heterocycles. The predicted molar refractivity (Wildman–Crippen MR) is 125 cm³/mol. The zero-order valence-electron chi connectivity index (χ0n) is 17.3. The molecule has 1 aromatic heterocycles. The molecule has 0 spiro atoms. The molecule has 1 N–H and O–H groups in total. The van der Waals surface area contributed by atoms with Gasteiger partial charge in [-0.3, -0.25) is 4.79 Å². The number of hydrogen-bond donors (Lipinski definition) is 1. The maximum Gasteiger partial charge on any atom is 0.295 e. The van der Waals surface area contributed by atoms with Crippen LogP contribution in [0.15, 0.2) is 60.7 Å². The molecule has 1 amide bonds. The number of benzene rings is 3. The van der Waals surface area contributed by atoms with Crippen molar-refractivity contribution in [2.75, 3.05) is 5.32 Å². The van der Waals surface area contributed by atoms with Crippen LogP contribution in [-0.4, -0.2) is 20.7 Å². The highest BCUT2D eigenvalue weighted by Gasteiger charge is 2.20. The summed E-state index contributed by atoms with van der Waals surface area (Å²) in [4.78, 5) is 17.6. The number of nitrogens with zero attached hydrogens (tertiary/aromatic N) is 3. The first-order valence-electron chi connectivity index (χ1n) is 9.70. The molecule has 0 radical (unpaired) electrons. The van der Waals surface area contributed by atoms with Crippen LogP contribution in [0, 0.1) is 20.8 Å². The van der Waals surface area contributed by atoms with Crippen molar-refractivity contribution >= 4 is 34.8 Å². The minimum Gasteiger partial charge on any atom is -0.319 e. The van der Waals surface area contributed by atoms with Gasteiger partial charge in [0.1, 0.15) is 0 Å². The Balaban J connectivity index is 1.80. The second-order valence-electron chi connectivity index (χ2n) is 7.36. The summed E-state index contributed by atoms with van der Waals surface area (Å²) in [7, 11) is 0. The number of rotatable bonds is 4. The van der Waals surface area contributed by atoms with Gasteiger partial charge in [-0.05, 0) is 50.1 Å². The molecule has 4 aromatic rings. The van der Waals surface area contributed by atoms with Crippen LogP contribution in [0.3, 0.4) is 0 Å². The summed E-state index contributed by atoms with van der Waals surface area (Å²) < 4.78 is 1.60. The lowest BCUT2D eigenvalue weighted by Crippen LogP contribution is -2.16. The van der Waals surface area contributed by atoms with Gasteiger partial charge in [-0.15, -0.1) is 5.10 Å². The normalized spacial score (nSPS) is 10.9. The summed E-state index contributed by atoms with van der Waals surface area (Å²) in [5.74, 6) is 0.207. The Morgan fingerprint density at radius 3 is 2.23 bits per heavy atom. The first-order chi connectivity index (χ1) is 14.8. The maximum atomic E-state index is 13.0. The third-order valence-electron chi connectivity index (χ3n) is 4.99. The topological polar surface area (TPSA) is 59.8 Å². The van der Waals surface area contributed by atoms with Gasteiger partial charge < -0.3 is 5.32 Å². The molecule has 0 unspecified atom stereocenters. The van der Waals surface area contributed by atoms with E-state index in [2.05, 4.69) is 15.4 Å². The summed E-state index contributed by atoms with van der Waals surface area (Å²) in [5, 5.41) is 8.28. The van der Waals surface area contributed by atoms with E-state index in [0.717, 1.165) is 27.9 Å². The lowest BCUT2D eigenvalue weighted by Gasteiger charge is -2.09. The number of halogens is 2. The van der Waals surface area contributed by atoms with E-state index < -0.39 is 0 Å². The molecule has 156 valence electrons. The SMILES string of the molecule is Cc1ccc(-c2nc(C(=O)Nc3c(C)cccc3C)nn2-c2ccc(Cl)c(Cl)c2)cc1. The number of carbonyl (C=O) groups is 1. The molecule has 0 bridgehead atoms. The number of aryl methyl sites for hydroxylation is 3. The first kappa shape index (κ1) is 21.1. The highest BCUT2D eigenvalue weighted by Crippen LogP contribution is 2.28. The number of anilines is 1. The van der Waals surface area contributed by atoms with Crippen molar-refractivity contribution in [2.24, 2.45) is 0 Å². The van der Waals surface area contributed by atoms with E-state index >= 15 is 0 Å². The molecule has 0 atom stereocenters. The van der Waals surface area contributed by atoms with Crippen LogP contribution in [0.2, 0.25) is 10.0 Å². The summed E-state index contributed by atoms with van der Waals surface area (Å²) >= 11 is 12.3.